The van der Waals surface area contributed by atoms with Gasteiger partial charge >= 0.3 is 0 Å². The topological polar surface area (TPSA) is 20.7 Å². The molecule has 0 aliphatic heterocycles. The van der Waals surface area contributed by atoms with E-state index in [0.29, 0.717) is 25.8 Å². The fraction of sp³-hybridized carbons (Fsp3) is 0.0714. The van der Waals surface area contributed by atoms with Crippen LogP contribution in [0.25, 0.3) is 11.0 Å². The molecule has 3 rings (SSSR count). The van der Waals surface area contributed by atoms with Gasteiger partial charge in [-0.3, -0.25) is 0 Å². The molecular formula is C14H8BrF3N2S. The van der Waals surface area contributed by atoms with Crippen LogP contribution in [0.5, 0.6) is 0 Å². The Hall–Kier alpha value is -1.60. The summed E-state index contributed by atoms with van der Waals surface area (Å²) in [7, 11) is 0. The Labute approximate surface area is 131 Å². The van der Waals surface area contributed by atoms with Crippen LogP contribution in [0.1, 0.15) is 5.56 Å². The van der Waals surface area contributed by atoms with E-state index in [1.807, 2.05) is 0 Å². The first-order valence-electron chi connectivity index (χ1n) is 5.97. The summed E-state index contributed by atoms with van der Waals surface area (Å²) in [6, 6.07) is 6.55. The number of hydrogen-bond acceptors (Lipinski definition) is 1. The van der Waals surface area contributed by atoms with Crippen LogP contribution in [0.4, 0.5) is 13.2 Å². The highest BCUT2D eigenvalue weighted by Crippen LogP contribution is 2.24. The molecule has 7 heteroatoms. The minimum absolute atomic E-state index is 0.219. The van der Waals surface area contributed by atoms with Crippen molar-refractivity contribution < 1.29 is 13.2 Å². The number of imidazole rings is 1. The van der Waals surface area contributed by atoms with E-state index in [1.165, 1.54) is 12.1 Å². The van der Waals surface area contributed by atoms with E-state index in [4.69, 9.17) is 12.2 Å². The molecule has 1 heterocycles. The van der Waals surface area contributed by atoms with Crippen molar-refractivity contribution in [2.75, 3.05) is 0 Å². The minimum atomic E-state index is -0.923. The van der Waals surface area contributed by atoms with Crippen molar-refractivity contribution in [3.8, 4) is 0 Å². The summed E-state index contributed by atoms with van der Waals surface area (Å²) < 4.78 is 42.2. The Bertz CT molecular complexity index is 901. The van der Waals surface area contributed by atoms with E-state index in [1.54, 1.807) is 10.6 Å². The monoisotopic (exact) mass is 372 g/mol. The zero-order valence-corrected chi connectivity index (χ0v) is 12.9. The summed E-state index contributed by atoms with van der Waals surface area (Å²) in [5.74, 6) is -2.25. The van der Waals surface area contributed by atoms with Crippen molar-refractivity contribution in [3.05, 3.63) is 62.6 Å². The molecule has 0 unspecified atom stereocenters. The average Bonchev–Trinajstić information content (AvgIpc) is 2.71. The van der Waals surface area contributed by atoms with Crippen LogP contribution in [0.3, 0.4) is 0 Å². The molecule has 1 aromatic heterocycles. The van der Waals surface area contributed by atoms with Crippen LogP contribution in [-0.4, -0.2) is 9.55 Å². The second-order valence-corrected chi connectivity index (χ2v) is 5.79. The number of aromatic amines is 1. The van der Waals surface area contributed by atoms with Gasteiger partial charge in [0.05, 0.1) is 22.1 Å². The van der Waals surface area contributed by atoms with Crippen LogP contribution < -0.4 is 0 Å². The maximum absolute atomic E-state index is 13.7. The predicted octanol–water partition coefficient (Wildman–Crippen LogP) is 4.93. The molecule has 0 atom stereocenters. The zero-order chi connectivity index (χ0) is 15.1. The lowest BCUT2D eigenvalue weighted by molar-refractivity contribution is 0.506. The predicted molar refractivity (Wildman–Crippen MR) is 80.2 cm³/mol. The Balaban J connectivity index is 2.11. The summed E-state index contributed by atoms with van der Waals surface area (Å²) in [4.78, 5) is 2.95. The molecule has 0 amide bonds. The first kappa shape index (κ1) is 14.3. The quantitative estimate of drug-likeness (QED) is 0.632. The van der Waals surface area contributed by atoms with Crippen molar-refractivity contribution in [1.29, 1.82) is 0 Å². The second kappa shape index (κ2) is 5.31. The molecule has 1 N–H and O–H groups in total. The molecular weight excluding hydrogens is 365 g/mol. The van der Waals surface area contributed by atoms with Gasteiger partial charge in [0.25, 0.3) is 0 Å². The van der Waals surface area contributed by atoms with E-state index in [0.717, 1.165) is 12.1 Å². The van der Waals surface area contributed by atoms with Gasteiger partial charge in [0.2, 0.25) is 0 Å². The molecule has 0 aliphatic carbocycles. The van der Waals surface area contributed by atoms with Gasteiger partial charge in [-0.2, -0.15) is 0 Å². The van der Waals surface area contributed by atoms with Crippen LogP contribution in [0.2, 0.25) is 0 Å². The molecule has 0 aliphatic rings. The summed E-state index contributed by atoms with van der Waals surface area (Å²) in [6.07, 6.45) is 0. The van der Waals surface area contributed by atoms with Gasteiger partial charge in [-0.25, -0.2) is 13.2 Å². The molecule has 2 nitrogen and oxygen atoms in total. The van der Waals surface area contributed by atoms with Crippen molar-refractivity contribution in [1.82, 2.24) is 9.55 Å². The van der Waals surface area contributed by atoms with E-state index in [2.05, 4.69) is 20.9 Å². The largest absolute Gasteiger partial charge is 0.331 e. The molecule has 3 aromatic rings. The zero-order valence-electron chi connectivity index (χ0n) is 10.5. The smallest absolute Gasteiger partial charge is 0.178 e. The highest BCUT2D eigenvalue weighted by Gasteiger charge is 2.10. The Morgan fingerprint density at radius 2 is 1.81 bits per heavy atom. The first-order chi connectivity index (χ1) is 9.95. The second-order valence-electron chi connectivity index (χ2n) is 4.55. The van der Waals surface area contributed by atoms with Crippen LogP contribution in [0, 0.1) is 22.2 Å². The number of benzene rings is 2. The van der Waals surface area contributed by atoms with Gasteiger partial charge in [0.1, 0.15) is 5.82 Å². The van der Waals surface area contributed by atoms with E-state index < -0.39 is 17.5 Å². The fourth-order valence-electron chi connectivity index (χ4n) is 2.13. The summed E-state index contributed by atoms with van der Waals surface area (Å²) in [6.45, 7) is 0.219. The minimum Gasteiger partial charge on any atom is -0.331 e. The highest BCUT2D eigenvalue weighted by atomic mass is 79.9. The van der Waals surface area contributed by atoms with Crippen LogP contribution in [0.15, 0.2) is 34.8 Å². The number of halogens is 4. The maximum atomic E-state index is 13.7. The van der Waals surface area contributed by atoms with Crippen LogP contribution >= 0.6 is 28.1 Å². The molecule has 0 radical (unpaired) electrons. The molecule has 108 valence electrons. The van der Waals surface area contributed by atoms with Crippen molar-refractivity contribution in [3.63, 3.8) is 0 Å². The number of nitrogens with one attached hydrogen (secondary N) is 1. The SMILES string of the molecule is Fc1ccc(Cn2c(=S)[nH]c3cc(Br)c(F)cc32)cc1F. The van der Waals surface area contributed by atoms with Crippen molar-refractivity contribution in [2.45, 2.75) is 6.54 Å². The van der Waals surface area contributed by atoms with Gasteiger partial charge < -0.3 is 9.55 Å². The Kier molecular flexibility index (Phi) is 3.62. The third-order valence-corrected chi connectivity index (χ3v) is 4.07. The third kappa shape index (κ3) is 2.63. The number of H-pyrrole nitrogens is 1. The average molecular weight is 373 g/mol. The lowest BCUT2D eigenvalue weighted by Gasteiger charge is -2.06. The standard InChI is InChI=1S/C14H8BrF3N2S/c15-8-4-12-13(5-10(8)17)20(14(21)19-12)6-7-1-2-9(16)11(18)3-7/h1-5H,6H2,(H,19,21). The molecule has 0 spiro atoms. The third-order valence-electron chi connectivity index (χ3n) is 3.14. The number of hydrogen-bond donors (Lipinski definition) is 1. The van der Waals surface area contributed by atoms with Gasteiger partial charge in [-0.05, 0) is 51.9 Å². The Morgan fingerprint density at radius 1 is 1.05 bits per heavy atom. The highest BCUT2D eigenvalue weighted by molar-refractivity contribution is 9.10. The normalized spacial score (nSPS) is 11.2. The molecule has 2 aromatic carbocycles. The van der Waals surface area contributed by atoms with Crippen molar-refractivity contribution in [2.24, 2.45) is 0 Å². The van der Waals surface area contributed by atoms with E-state index in [-0.39, 0.29) is 6.54 Å². The number of fused-ring (bicyclic) bond motifs is 1. The van der Waals surface area contributed by atoms with Crippen molar-refractivity contribution >= 4 is 39.2 Å². The summed E-state index contributed by atoms with van der Waals surface area (Å²) in [5, 5.41) is 0. The molecule has 0 saturated heterocycles. The van der Waals surface area contributed by atoms with Crippen LogP contribution in [-0.2, 0) is 6.54 Å². The molecule has 0 saturated carbocycles. The van der Waals surface area contributed by atoms with E-state index in [9.17, 15) is 13.2 Å². The first-order valence-corrected chi connectivity index (χ1v) is 7.17. The Morgan fingerprint density at radius 3 is 2.52 bits per heavy atom. The molecule has 0 bridgehead atoms. The van der Waals surface area contributed by atoms with Gasteiger partial charge in [0, 0.05) is 6.07 Å². The fourth-order valence-corrected chi connectivity index (χ4v) is 2.75. The van der Waals surface area contributed by atoms with Gasteiger partial charge in [-0.1, -0.05) is 6.07 Å². The molecule has 21 heavy (non-hydrogen) atoms. The van der Waals surface area contributed by atoms with Gasteiger partial charge in [-0.15, -0.1) is 0 Å². The lowest BCUT2D eigenvalue weighted by Crippen LogP contribution is -2.01. The molecule has 0 fully saturated rings. The summed E-state index contributed by atoms with van der Waals surface area (Å²) in [5.41, 5.74) is 1.76. The van der Waals surface area contributed by atoms with E-state index >= 15 is 0 Å². The van der Waals surface area contributed by atoms with Gasteiger partial charge in [0.15, 0.2) is 16.4 Å². The maximum Gasteiger partial charge on any atom is 0.178 e. The lowest BCUT2D eigenvalue weighted by atomic mass is 10.2. The number of aromatic nitrogens is 2. The summed E-state index contributed by atoms with van der Waals surface area (Å²) >= 11 is 8.30. The number of rotatable bonds is 2. The number of nitrogens with zero attached hydrogens (tertiary/aromatic N) is 1.